The summed E-state index contributed by atoms with van der Waals surface area (Å²) in [7, 11) is 3.91. The first-order chi connectivity index (χ1) is 14.3. The van der Waals surface area contributed by atoms with Crippen LogP contribution < -0.4 is 4.74 Å². The van der Waals surface area contributed by atoms with Crippen molar-refractivity contribution in [3.63, 3.8) is 0 Å². The van der Waals surface area contributed by atoms with Gasteiger partial charge in [-0.2, -0.15) is 0 Å². The van der Waals surface area contributed by atoms with Gasteiger partial charge in [0.25, 0.3) is 5.91 Å². The van der Waals surface area contributed by atoms with Crippen LogP contribution in [0.1, 0.15) is 42.4 Å². The van der Waals surface area contributed by atoms with Gasteiger partial charge >= 0.3 is 0 Å². The minimum atomic E-state index is -0.689. The first kappa shape index (κ1) is 21.6. The van der Waals surface area contributed by atoms with Crippen LogP contribution in [-0.4, -0.2) is 59.9 Å². The van der Waals surface area contributed by atoms with Crippen molar-refractivity contribution in [2.45, 2.75) is 32.4 Å². The van der Waals surface area contributed by atoms with Crippen molar-refractivity contribution >= 4 is 11.7 Å². The number of benzene rings is 1. The SMILES string of the molecule is CC(C)Oc1ccc([C@H]2C(C(=O)c3ccco3)=C(O)C(=O)N2CCCN(C)C)cc1. The molecule has 1 aromatic carbocycles. The van der Waals surface area contributed by atoms with E-state index in [2.05, 4.69) is 0 Å². The smallest absolute Gasteiger partial charge is 0.290 e. The topological polar surface area (TPSA) is 83.2 Å². The number of hydrogen-bond acceptors (Lipinski definition) is 6. The highest BCUT2D eigenvalue weighted by Gasteiger charge is 2.44. The van der Waals surface area contributed by atoms with Gasteiger partial charge in [0.1, 0.15) is 5.75 Å². The van der Waals surface area contributed by atoms with Gasteiger partial charge in [-0.1, -0.05) is 12.1 Å². The second kappa shape index (κ2) is 9.17. The quantitative estimate of drug-likeness (QED) is 0.634. The number of aliphatic hydroxyl groups excluding tert-OH is 1. The van der Waals surface area contributed by atoms with Crippen molar-refractivity contribution in [2.75, 3.05) is 27.2 Å². The van der Waals surface area contributed by atoms with Crippen molar-refractivity contribution in [3.8, 4) is 5.75 Å². The Bertz CT molecular complexity index is 914. The molecule has 1 aliphatic heterocycles. The molecule has 7 nitrogen and oxygen atoms in total. The molecule has 0 bridgehead atoms. The van der Waals surface area contributed by atoms with Gasteiger partial charge in [-0.05, 0) is 70.7 Å². The van der Waals surface area contributed by atoms with Crippen molar-refractivity contribution < 1.29 is 23.8 Å². The van der Waals surface area contributed by atoms with E-state index in [1.807, 2.05) is 57.1 Å². The predicted molar refractivity (Wildman–Crippen MR) is 113 cm³/mol. The van der Waals surface area contributed by atoms with Gasteiger partial charge < -0.3 is 24.1 Å². The van der Waals surface area contributed by atoms with Crippen molar-refractivity contribution in [1.82, 2.24) is 9.80 Å². The Hall–Kier alpha value is -3.06. The minimum Gasteiger partial charge on any atom is -0.503 e. The number of rotatable bonds is 9. The molecular formula is C23H28N2O5. The summed E-state index contributed by atoms with van der Waals surface area (Å²) in [5, 5.41) is 10.6. The highest BCUT2D eigenvalue weighted by Crippen LogP contribution is 2.39. The van der Waals surface area contributed by atoms with Gasteiger partial charge in [0.2, 0.25) is 5.78 Å². The molecule has 1 aliphatic rings. The number of carbonyl (C=O) groups excluding carboxylic acids is 2. The molecule has 2 aromatic rings. The zero-order valence-electron chi connectivity index (χ0n) is 17.8. The molecule has 0 spiro atoms. The lowest BCUT2D eigenvalue weighted by Gasteiger charge is -2.27. The van der Waals surface area contributed by atoms with Crippen LogP contribution in [0.5, 0.6) is 5.75 Å². The van der Waals surface area contributed by atoms with Gasteiger partial charge in [0.15, 0.2) is 11.5 Å². The third kappa shape index (κ3) is 4.57. The number of ketones is 1. The lowest BCUT2D eigenvalue weighted by molar-refractivity contribution is -0.129. The molecular weight excluding hydrogens is 384 g/mol. The van der Waals surface area contributed by atoms with Crippen LogP contribution in [0.3, 0.4) is 0 Å². The second-order valence-corrected chi connectivity index (χ2v) is 7.86. The van der Waals surface area contributed by atoms with E-state index >= 15 is 0 Å². The van der Waals surface area contributed by atoms with E-state index in [0.717, 1.165) is 12.1 Å². The largest absolute Gasteiger partial charge is 0.503 e. The lowest BCUT2D eigenvalue weighted by atomic mass is 9.95. The van der Waals surface area contributed by atoms with Gasteiger partial charge in [-0.3, -0.25) is 9.59 Å². The number of amides is 1. The Morgan fingerprint density at radius 3 is 2.50 bits per heavy atom. The number of nitrogens with zero attached hydrogens (tertiary/aromatic N) is 2. The molecule has 1 aromatic heterocycles. The Morgan fingerprint density at radius 2 is 1.93 bits per heavy atom. The zero-order valence-corrected chi connectivity index (χ0v) is 17.8. The van der Waals surface area contributed by atoms with E-state index in [1.165, 1.54) is 12.3 Å². The summed E-state index contributed by atoms with van der Waals surface area (Å²) in [6.45, 7) is 5.07. The fourth-order valence-corrected chi connectivity index (χ4v) is 3.56. The molecule has 1 atom stereocenters. The summed E-state index contributed by atoms with van der Waals surface area (Å²) in [5.74, 6) is -0.771. The molecule has 160 valence electrons. The third-order valence-electron chi connectivity index (χ3n) is 4.87. The van der Waals surface area contributed by atoms with E-state index in [1.54, 1.807) is 11.0 Å². The van der Waals surface area contributed by atoms with Crippen LogP contribution in [0.4, 0.5) is 0 Å². The third-order valence-corrected chi connectivity index (χ3v) is 4.87. The average Bonchev–Trinajstić information content (AvgIpc) is 3.30. The maximum atomic E-state index is 13.1. The van der Waals surface area contributed by atoms with E-state index in [-0.39, 0.29) is 17.4 Å². The number of Topliss-reactive ketones (excluding diaryl/α,β-unsaturated/α-hetero) is 1. The number of furan rings is 1. The number of aliphatic hydroxyl groups is 1. The van der Waals surface area contributed by atoms with Crippen LogP contribution in [-0.2, 0) is 4.79 Å². The van der Waals surface area contributed by atoms with Gasteiger partial charge in [0.05, 0.1) is 24.0 Å². The Morgan fingerprint density at radius 1 is 1.23 bits per heavy atom. The summed E-state index contributed by atoms with van der Waals surface area (Å²) in [6.07, 6.45) is 2.13. The molecule has 0 saturated heterocycles. The summed E-state index contributed by atoms with van der Waals surface area (Å²) >= 11 is 0. The maximum absolute atomic E-state index is 13.1. The fourth-order valence-electron chi connectivity index (χ4n) is 3.56. The van der Waals surface area contributed by atoms with Gasteiger partial charge in [0, 0.05) is 6.54 Å². The number of hydrogen-bond donors (Lipinski definition) is 1. The molecule has 0 aliphatic carbocycles. The number of carbonyl (C=O) groups is 2. The summed E-state index contributed by atoms with van der Waals surface area (Å²) < 4.78 is 10.9. The van der Waals surface area contributed by atoms with Gasteiger partial charge in [-0.15, -0.1) is 0 Å². The summed E-state index contributed by atoms with van der Waals surface area (Å²) in [4.78, 5) is 29.5. The molecule has 0 fully saturated rings. The first-order valence-electron chi connectivity index (χ1n) is 10.0. The van der Waals surface area contributed by atoms with Crippen molar-refractivity contribution in [1.29, 1.82) is 0 Å². The Balaban J connectivity index is 1.96. The molecule has 30 heavy (non-hydrogen) atoms. The van der Waals surface area contributed by atoms with Gasteiger partial charge in [-0.25, -0.2) is 0 Å². The van der Waals surface area contributed by atoms with E-state index in [4.69, 9.17) is 9.15 Å². The van der Waals surface area contributed by atoms with Crippen LogP contribution in [0.2, 0.25) is 0 Å². The Labute approximate surface area is 176 Å². The molecule has 7 heteroatoms. The molecule has 3 rings (SSSR count). The molecule has 0 radical (unpaired) electrons. The fraction of sp³-hybridized carbons (Fsp3) is 0.391. The minimum absolute atomic E-state index is 0.0338. The standard InChI is InChI=1S/C23H28N2O5/c1-15(2)30-17-10-8-16(9-11-17)20-19(21(26)18-7-5-14-29-18)22(27)23(28)25(20)13-6-12-24(3)4/h5,7-11,14-15,20,27H,6,12-13H2,1-4H3/t20-/m0/s1. The predicted octanol–water partition coefficient (Wildman–Crippen LogP) is 3.60. The lowest BCUT2D eigenvalue weighted by Crippen LogP contribution is -2.33. The van der Waals surface area contributed by atoms with Crippen molar-refractivity contribution in [2.24, 2.45) is 0 Å². The maximum Gasteiger partial charge on any atom is 0.290 e. The molecule has 0 unspecified atom stereocenters. The van der Waals surface area contributed by atoms with E-state index < -0.39 is 23.5 Å². The molecule has 1 N–H and O–H groups in total. The summed E-state index contributed by atoms with van der Waals surface area (Å²) in [6, 6.07) is 9.70. The molecule has 0 saturated carbocycles. The zero-order chi connectivity index (χ0) is 21.8. The van der Waals surface area contributed by atoms with Crippen molar-refractivity contribution in [3.05, 3.63) is 65.3 Å². The average molecular weight is 412 g/mol. The first-order valence-corrected chi connectivity index (χ1v) is 10.0. The van der Waals surface area contributed by atoms with Crippen LogP contribution in [0.25, 0.3) is 0 Å². The highest BCUT2D eigenvalue weighted by molar-refractivity contribution is 6.15. The molecule has 1 amide bonds. The summed E-state index contributed by atoms with van der Waals surface area (Å²) in [5.41, 5.74) is 0.764. The Kier molecular flexibility index (Phi) is 6.62. The van der Waals surface area contributed by atoms with Crippen LogP contribution >= 0.6 is 0 Å². The van der Waals surface area contributed by atoms with E-state index in [9.17, 15) is 14.7 Å². The monoisotopic (exact) mass is 412 g/mol. The molecule has 2 heterocycles. The highest BCUT2D eigenvalue weighted by atomic mass is 16.5. The van der Waals surface area contributed by atoms with E-state index in [0.29, 0.717) is 18.7 Å². The normalized spacial score (nSPS) is 16.8. The number of ether oxygens (including phenoxy) is 1. The van der Waals surface area contributed by atoms with Crippen LogP contribution in [0.15, 0.2) is 58.4 Å². The second-order valence-electron chi connectivity index (χ2n) is 7.86. The van der Waals surface area contributed by atoms with Crippen LogP contribution in [0, 0.1) is 0 Å².